The van der Waals surface area contributed by atoms with Gasteiger partial charge in [-0.3, -0.25) is 9.48 Å². The smallest absolute Gasteiger partial charge is 0.267 e. The molecule has 0 spiro atoms. The molecule has 2 heterocycles. The quantitative estimate of drug-likeness (QED) is 0.912. The molecule has 0 saturated heterocycles. The lowest BCUT2D eigenvalue weighted by Gasteiger charge is -2.20. The number of rotatable bonds is 5. The molecule has 7 heteroatoms. The van der Waals surface area contributed by atoms with E-state index in [0.29, 0.717) is 25.2 Å². The van der Waals surface area contributed by atoms with Crippen LogP contribution in [0.4, 0.5) is 4.39 Å². The SMILES string of the molecule is Cc1ccn(CCNC(=O)C2(C)CC(c3ccc(F)cc3)=NO2)n1. The highest BCUT2D eigenvalue weighted by Gasteiger charge is 2.42. The van der Waals surface area contributed by atoms with Crippen LogP contribution < -0.4 is 5.32 Å². The van der Waals surface area contributed by atoms with Crippen LogP contribution in [-0.2, 0) is 16.2 Å². The lowest BCUT2D eigenvalue weighted by molar-refractivity contribution is -0.141. The van der Waals surface area contributed by atoms with Gasteiger partial charge in [0.15, 0.2) is 0 Å². The van der Waals surface area contributed by atoms with Crippen molar-refractivity contribution in [1.29, 1.82) is 0 Å². The molecule has 1 N–H and O–H groups in total. The third-order valence-electron chi connectivity index (χ3n) is 3.92. The molecule has 0 saturated carbocycles. The minimum atomic E-state index is -1.05. The van der Waals surface area contributed by atoms with Gasteiger partial charge in [0.1, 0.15) is 5.82 Å². The van der Waals surface area contributed by atoms with Crippen LogP contribution in [0.5, 0.6) is 0 Å². The standard InChI is InChI=1S/C17H19FN4O2/c1-12-7-9-22(20-12)10-8-19-16(23)17(2)11-15(21-24-17)13-3-5-14(18)6-4-13/h3-7,9H,8,10-11H2,1-2H3,(H,19,23). The molecular weight excluding hydrogens is 311 g/mol. The van der Waals surface area contributed by atoms with Gasteiger partial charge in [0.25, 0.3) is 5.91 Å². The van der Waals surface area contributed by atoms with Gasteiger partial charge in [0.2, 0.25) is 5.60 Å². The Morgan fingerprint density at radius 2 is 2.12 bits per heavy atom. The Labute approximate surface area is 139 Å². The molecule has 1 aromatic heterocycles. The fourth-order valence-electron chi connectivity index (χ4n) is 2.52. The van der Waals surface area contributed by atoms with E-state index in [1.807, 2.05) is 19.2 Å². The zero-order valence-electron chi connectivity index (χ0n) is 13.6. The Kier molecular flexibility index (Phi) is 4.33. The first-order valence-corrected chi connectivity index (χ1v) is 7.76. The molecule has 2 aromatic rings. The Hall–Kier alpha value is -2.70. The van der Waals surface area contributed by atoms with Crippen molar-refractivity contribution in [2.45, 2.75) is 32.4 Å². The summed E-state index contributed by atoms with van der Waals surface area (Å²) in [5.41, 5.74) is 1.27. The number of carbonyl (C=O) groups excluding carboxylic acids is 1. The van der Waals surface area contributed by atoms with Crippen LogP contribution in [-0.4, -0.2) is 33.5 Å². The molecule has 1 atom stereocenters. The number of halogens is 1. The molecule has 1 aliphatic heterocycles. The van der Waals surface area contributed by atoms with Gasteiger partial charge in [-0.2, -0.15) is 5.10 Å². The maximum absolute atomic E-state index is 13.0. The topological polar surface area (TPSA) is 68.5 Å². The van der Waals surface area contributed by atoms with Crippen LogP contribution in [0, 0.1) is 12.7 Å². The molecule has 0 bridgehead atoms. The number of amides is 1. The minimum absolute atomic E-state index is 0.229. The van der Waals surface area contributed by atoms with Crippen molar-refractivity contribution in [3.8, 4) is 0 Å². The van der Waals surface area contributed by atoms with Crippen LogP contribution in [0.15, 0.2) is 41.7 Å². The summed E-state index contributed by atoms with van der Waals surface area (Å²) in [6, 6.07) is 7.88. The van der Waals surface area contributed by atoms with E-state index >= 15 is 0 Å². The summed E-state index contributed by atoms with van der Waals surface area (Å²) in [5.74, 6) is -0.542. The van der Waals surface area contributed by atoms with Crippen molar-refractivity contribution >= 4 is 11.6 Å². The average molecular weight is 330 g/mol. The molecule has 1 aliphatic rings. The van der Waals surface area contributed by atoms with Gasteiger partial charge in [0.05, 0.1) is 18.0 Å². The van der Waals surface area contributed by atoms with E-state index in [1.165, 1.54) is 12.1 Å². The van der Waals surface area contributed by atoms with E-state index in [0.717, 1.165) is 11.3 Å². The van der Waals surface area contributed by atoms with Crippen LogP contribution in [0.1, 0.15) is 24.6 Å². The maximum atomic E-state index is 13.0. The number of hydrogen-bond donors (Lipinski definition) is 1. The number of hydrogen-bond acceptors (Lipinski definition) is 4. The third kappa shape index (κ3) is 3.45. The predicted molar refractivity (Wildman–Crippen MR) is 87.0 cm³/mol. The maximum Gasteiger partial charge on any atom is 0.267 e. The first-order chi connectivity index (χ1) is 11.5. The van der Waals surface area contributed by atoms with Gasteiger partial charge in [-0.15, -0.1) is 0 Å². The molecular formula is C17H19FN4O2. The Morgan fingerprint density at radius 1 is 1.38 bits per heavy atom. The number of benzene rings is 1. The van der Waals surface area contributed by atoms with Crippen molar-refractivity contribution < 1.29 is 14.0 Å². The lowest BCUT2D eigenvalue weighted by Crippen LogP contribution is -2.45. The second-order valence-electron chi connectivity index (χ2n) is 6.02. The van der Waals surface area contributed by atoms with Gasteiger partial charge < -0.3 is 10.2 Å². The van der Waals surface area contributed by atoms with Crippen LogP contribution in [0.2, 0.25) is 0 Å². The van der Waals surface area contributed by atoms with Crippen LogP contribution in [0.25, 0.3) is 0 Å². The second-order valence-corrected chi connectivity index (χ2v) is 6.02. The molecule has 1 amide bonds. The van der Waals surface area contributed by atoms with Crippen molar-refractivity contribution in [2.75, 3.05) is 6.54 Å². The highest BCUT2D eigenvalue weighted by Crippen LogP contribution is 2.26. The zero-order valence-corrected chi connectivity index (χ0v) is 13.6. The van der Waals surface area contributed by atoms with Crippen molar-refractivity contribution in [2.24, 2.45) is 5.16 Å². The predicted octanol–water partition coefficient (Wildman–Crippen LogP) is 2.03. The number of aromatic nitrogens is 2. The Morgan fingerprint density at radius 3 is 2.79 bits per heavy atom. The van der Waals surface area contributed by atoms with Gasteiger partial charge in [-0.05, 0) is 37.6 Å². The van der Waals surface area contributed by atoms with E-state index in [2.05, 4.69) is 15.6 Å². The number of carbonyl (C=O) groups is 1. The summed E-state index contributed by atoms with van der Waals surface area (Å²) in [5, 5.41) is 11.1. The van der Waals surface area contributed by atoms with Gasteiger partial charge in [-0.1, -0.05) is 17.3 Å². The van der Waals surface area contributed by atoms with E-state index in [4.69, 9.17) is 4.84 Å². The Bertz CT molecular complexity index is 769. The summed E-state index contributed by atoms with van der Waals surface area (Å²) in [7, 11) is 0. The number of nitrogens with one attached hydrogen (secondary N) is 1. The van der Waals surface area contributed by atoms with Crippen molar-refractivity contribution in [3.05, 3.63) is 53.6 Å². The number of aryl methyl sites for hydroxylation is 1. The summed E-state index contributed by atoms with van der Waals surface area (Å²) in [4.78, 5) is 17.8. The number of oxime groups is 1. The first kappa shape index (κ1) is 16.2. The summed E-state index contributed by atoms with van der Waals surface area (Å²) in [6.45, 7) is 4.64. The van der Waals surface area contributed by atoms with E-state index < -0.39 is 5.60 Å². The summed E-state index contributed by atoms with van der Waals surface area (Å²) < 4.78 is 14.8. The normalized spacial score (nSPS) is 19.7. The van der Waals surface area contributed by atoms with Gasteiger partial charge >= 0.3 is 0 Å². The van der Waals surface area contributed by atoms with E-state index in [1.54, 1.807) is 23.7 Å². The highest BCUT2D eigenvalue weighted by molar-refractivity contribution is 6.05. The number of nitrogens with zero attached hydrogens (tertiary/aromatic N) is 3. The summed E-state index contributed by atoms with van der Waals surface area (Å²) in [6.07, 6.45) is 2.20. The molecule has 1 unspecified atom stereocenters. The molecule has 1 aromatic carbocycles. The molecule has 0 aliphatic carbocycles. The van der Waals surface area contributed by atoms with Crippen LogP contribution in [0.3, 0.4) is 0 Å². The van der Waals surface area contributed by atoms with Crippen molar-refractivity contribution in [3.63, 3.8) is 0 Å². The highest BCUT2D eigenvalue weighted by atomic mass is 19.1. The van der Waals surface area contributed by atoms with Gasteiger partial charge in [-0.25, -0.2) is 4.39 Å². The van der Waals surface area contributed by atoms with E-state index in [-0.39, 0.29) is 11.7 Å². The average Bonchev–Trinajstić information content (AvgIpc) is 3.15. The first-order valence-electron chi connectivity index (χ1n) is 7.76. The van der Waals surface area contributed by atoms with Gasteiger partial charge in [0, 0.05) is 19.2 Å². The summed E-state index contributed by atoms with van der Waals surface area (Å²) >= 11 is 0. The molecule has 3 rings (SSSR count). The fraction of sp³-hybridized carbons (Fsp3) is 0.353. The molecule has 0 fully saturated rings. The monoisotopic (exact) mass is 330 g/mol. The van der Waals surface area contributed by atoms with Crippen molar-refractivity contribution in [1.82, 2.24) is 15.1 Å². The van der Waals surface area contributed by atoms with E-state index in [9.17, 15) is 9.18 Å². The molecule has 24 heavy (non-hydrogen) atoms. The third-order valence-corrected chi connectivity index (χ3v) is 3.92. The zero-order chi connectivity index (χ0) is 17.2. The molecule has 0 radical (unpaired) electrons. The molecule has 126 valence electrons. The van der Waals surface area contributed by atoms with Crippen LogP contribution >= 0.6 is 0 Å². The fourth-order valence-corrected chi connectivity index (χ4v) is 2.52. The second kappa shape index (κ2) is 6.43. The largest absolute Gasteiger partial charge is 0.379 e. The Balaban J connectivity index is 1.54. The minimum Gasteiger partial charge on any atom is -0.379 e. The molecule has 6 nitrogen and oxygen atoms in total. The lowest BCUT2D eigenvalue weighted by atomic mass is 9.95.